The first-order valence-corrected chi connectivity index (χ1v) is 9.18. The number of aryl methyl sites for hydroxylation is 1. The van der Waals surface area contributed by atoms with Gasteiger partial charge in [0.15, 0.2) is 17.1 Å². The van der Waals surface area contributed by atoms with E-state index in [1.807, 2.05) is 43.3 Å². The predicted molar refractivity (Wildman–Crippen MR) is 113 cm³/mol. The fourth-order valence-electron chi connectivity index (χ4n) is 3.03. The van der Waals surface area contributed by atoms with Gasteiger partial charge in [-0.2, -0.15) is 10.2 Å². The van der Waals surface area contributed by atoms with Crippen molar-refractivity contribution in [2.45, 2.75) is 6.92 Å². The number of benzene rings is 2. The molecule has 1 amide bonds. The minimum Gasteiger partial charge on any atom is -0.504 e. The molecule has 2 aromatic carbocycles. The molecule has 0 aliphatic rings. The van der Waals surface area contributed by atoms with E-state index in [4.69, 9.17) is 4.74 Å². The SMILES string of the molecule is COc1cc(/C=N\NC(=O)c2cnn3c(C)cc(-c4ccccc4)nc23)ccc1O. The summed E-state index contributed by atoms with van der Waals surface area (Å²) in [5.74, 6) is -0.0779. The van der Waals surface area contributed by atoms with Gasteiger partial charge in [-0.05, 0) is 36.8 Å². The summed E-state index contributed by atoms with van der Waals surface area (Å²) in [5, 5.41) is 17.9. The maximum atomic E-state index is 12.7. The van der Waals surface area contributed by atoms with Gasteiger partial charge in [0.2, 0.25) is 0 Å². The molecule has 0 aliphatic heterocycles. The zero-order valence-electron chi connectivity index (χ0n) is 16.4. The van der Waals surface area contributed by atoms with Crippen LogP contribution in [0.15, 0.2) is 65.9 Å². The van der Waals surface area contributed by atoms with E-state index in [1.54, 1.807) is 16.6 Å². The number of nitrogens with one attached hydrogen (secondary N) is 1. The quantitative estimate of drug-likeness (QED) is 0.395. The summed E-state index contributed by atoms with van der Waals surface area (Å²) in [6.45, 7) is 1.91. The molecule has 30 heavy (non-hydrogen) atoms. The van der Waals surface area contributed by atoms with Crippen LogP contribution in [0.1, 0.15) is 21.6 Å². The monoisotopic (exact) mass is 401 g/mol. The highest BCUT2D eigenvalue weighted by molar-refractivity contribution is 6.00. The van der Waals surface area contributed by atoms with Crippen LogP contribution < -0.4 is 10.2 Å². The summed E-state index contributed by atoms with van der Waals surface area (Å²) < 4.78 is 6.68. The fraction of sp³-hybridized carbons (Fsp3) is 0.0909. The van der Waals surface area contributed by atoms with Gasteiger partial charge in [0.1, 0.15) is 5.56 Å². The van der Waals surface area contributed by atoms with Crippen LogP contribution in [0, 0.1) is 6.92 Å². The summed E-state index contributed by atoms with van der Waals surface area (Å²) in [4.78, 5) is 17.3. The molecule has 0 saturated heterocycles. The number of phenolic OH excluding ortho intramolecular Hbond substituents is 1. The van der Waals surface area contributed by atoms with Gasteiger partial charge in [0.25, 0.3) is 5.91 Å². The van der Waals surface area contributed by atoms with Gasteiger partial charge < -0.3 is 9.84 Å². The molecule has 2 N–H and O–H groups in total. The molecule has 0 aliphatic carbocycles. The molecule has 0 radical (unpaired) electrons. The third kappa shape index (κ3) is 3.70. The van der Waals surface area contributed by atoms with Crippen LogP contribution in [0.5, 0.6) is 11.5 Å². The second-order valence-electron chi connectivity index (χ2n) is 6.57. The smallest absolute Gasteiger partial charge is 0.276 e. The number of nitrogens with zero attached hydrogens (tertiary/aromatic N) is 4. The Morgan fingerprint density at radius 1 is 1.20 bits per heavy atom. The van der Waals surface area contributed by atoms with Gasteiger partial charge in [-0.1, -0.05) is 30.3 Å². The Morgan fingerprint density at radius 2 is 2.00 bits per heavy atom. The van der Waals surface area contributed by atoms with Crippen LogP contribution in [0.4, 0.5) is 0 Å². The van der Waals surface area contributed by atoms with E-state index < -0.39 is 5.91 Å². The highest BCUT2D eigenvalue weighted by Crippen LogP contribution is 2.25. The first kappa shape index (κ1) is 19.1. The number of aromatic nitrogens is 3. The highest BCUT2D eigenvalue weighted by Gasteiger charge is 2.16. The van der Waals surface area contributed by atoms with Gasteiger partial charge in [0, 0.05) is 11.3 Å². The molecule has 150 valence electrons. The fourth-order valence-corrected chi connectivity index (χ4v) is 3.03. The lowest BCUT2D eigenvalue weighted by Crippen LogP contribution is -2.17. The van der Waals surface area contributed by atoms with Crippen LogP contribution in [-0.2, 0) is 0 Å². The second kappa shape index (κ2) is 8.04. The lowest BCUT2D eigenvalue weighted by Gasteiger charge is -2.06. The Labute approximate surface area is 172 Å². The lowest BCUT2D eigenvalue weighted by molar-refractivity contribution is 0.0956. The Bertz CT molecular complexity index is 1250. The Kier molecular flexibility index (Phi) is 5.13. The zero-order valence-corrected chi connectivity index (χ0v) is 16.4. The van der Waals surface area contributed by atoms with Crippen molar-refractivity contribution in [3.05, 3.63) is 77.6 Å². The lowest BCUT2D eigenvalue weighted by atomic mass is 10.1. The van der Waals surface area contributed by atoms with E-state index in [0.717, 1.165) is 17.0 Å². The van der Waals surface area contributed by atoms with Gasteiger partial charge in [-0.25, -0.2) is 14.9 Å². The Balaban J connectivity index is 1.60. The van der Waals surface area contributed by atoms with Crippen LogP contribution in [0.25, 0.3) is 16.9 Å². The molecule has 2 heterocycles. The number of carbonyl (C=O) groups excluding carboxylic acids is 1. The number of hydrogen-bond acceptors (Lipinski definition) is 6. The van der Waals surface area contributed by atoms with Gasteiger partial charge in [-0.15, -0.1) is 0 Å². The molecule has 0 spiro atoms. The van der Waals surface area contributed by atoms with Crippen molar-refractivity contribution in [1.29, 1.82) is 0 Å². The third-order valence-electron chi connectivity index (χ3n) is 4.55. The average Bonchev–Trinajstić information content (AvgIpc) is 3.20. The van der Waals surface area contributed by atoms with Gasteiger partial charge in [-0.3, -0.25) is 4.79 Å². The predicted octanol–water partition coefficient (Wildman–Crippen LogP) is 3.18. The number of hydrogen-bond donors (Lipinski definition) is 2. The maximum absolute atomic E-state index is 12.7. The van der Waals surface area contributed by atoms with Crippen LogP contribution in [-0.4, -0.2) is 38.9 Å². The van der Waals surface area contributed by atoms with Crippen LogP contribution in [0.2, 0.25) is 0 Å². The number of methoxy groups -OCH3 is 1. The average molecular weight is 401 g/mol. The van der Waals surface area contributed by atoms with Crippen molar-refractivity contribution in [1.82, 2.24) is 20.0 Å². The summed E-state index contributed by atoms with van der Waals surface area (Å²) in [6.07, 6.45) is 2.93. The number of rotatable bonds is 5. The van der Waals surface area contributed by atoms with E-state index in [1.165, 1.54) is 25.6 Å². The highest BCUT2D eigenvalue weighted by atomic mass is 16.5. The largest absolute Gasteiger partial charge is 0.504 e. The number of aromatic hydroxyl groups is 1. The molecule has 0 bridgehead atoms. The van der Waals surface area contributed by atoms with Gasteiger partial charge >= 0.3 is 0 Å². The second-order valence-corrected chi connectivity index (χ2v) is 6.57. The Hall–Kier alpha value is -4.20. The molecular weight excluding hydrogens is 382 g/mol. The summed E-state index contributed by atoms with van der Waals surface area (Å²) in [7, 11) is 1.46. The molecule has 0 unspecified atom stereocenters. The van der Waals surface area contributed by atoms with E-state index in [9.17, 15) is 9.90 Å². The molecule has 0 atom stereocenters. The van der Waals surface area contributed by atoms with E-state index in [-0.39, 0.29) is 5.75 Å². The van der Waals surface area contributed by atoms with Crippen molar-refractivity contribution in [2.24, 2.45) is 5.10 Å². The van der Waals surface area contributed by atoms with Crippen molar-refractivity contribution in [3.63, 3.8) is 0 Å². The minimum absolute atomic E-state index is 0.0284. The molecule has 4 rings (SSSR count). The number of fused-ring (bicyclic) bond motifs is 1. The summed E-state index contributed by atoms with van der Waals surface area (Å²) in [6, 6.07) is 16.4. The van der Waals surface area contributed by atoms with E-state index in [0.29, 0.717) is 22.5 Å². The van der Waals surface area contributed by atoms with E-state index in [2.05, 4.69) is 20.6 Å². The standard InChI is InChI=1S/C22H19N5O3/c1-14-10-18(16-6-4-3-5-7-16)25-21-17(13-24-27(14)21)22(29)26-23-12-15-8-9-19(28)20(11-15)30-2/h3-13,28H,1-2H3,(H,26,29)/b23-12-. The first-order valence-electron chi connectivity index (χ1n) is 9.18. The molecule has 4 aromatic rings. The maximum Gasteiger partial charge on any atom is 0.276 e. The first-order chi connectivity index (χ1) is 14.6. The normalized spacial score (nSPS) is 11.1. The molecule has 0 fully saturated rings. The van der Waals surface area contributed by atoms with Gasteiger partial charge in [0.05, 0.1) is 25.2 Å². The summed E-state index contributed by atoms with van der Waals surface area (Å²) >= 11 is 0. The van der Waals surface area contributed by atoms with Crippen LogP contribution >= 0.6 is 0 Å². The zero-order chi connectivity index (χ0) is 21.1. The number of ether oxygens (including phenoxy) is 1. The number of amides is 1. The topological polar surface area (TPSA) is 101 Å². The van der Waals surface area contributed by atoms with Crippen molar-refractivity contribution in [2.75, 3.05) is 7.11 Å². The Morgan fingerprint density at radius 3 is 2.77 bits per heavy atom. The molecule has 0 saturated carbocycles. The molecule has 8 heteroatoms. The molecular formula is C22H19N5O3. The van der Waals surface area contributed by atoms with Crippen molar-refractivity contribution >= 4 is 17.8 Å². The molecule has 2 aromatic heterocycles. The number of carbonyl (C=O) groups is 1. The van der Waals surface area contributed by atoms with Crippen molar-refractivity contribution < 1.29 is 14.6 Å². The van der Waals surface area contributed by atoms with E-state index >= 15 is 0 Å². The number of hydrazone groups is 1. The van der Waals surface area contributed by atoms with Crippen molar-refractivity contribution in [3.8, 4) is 22.8 Å². The third-order valence-corrected chi connectivity index (χ3v) is 4.55. The number of phenols is 1. The molecule has 8 nitrogen and oxygen atoms in total. The van der Waals surface area contributed by atoms with Crippen LogP contribution in [0.3, 0.4) is 0 Å². The summed E-state index contributed by atoms with van der Waals surface area (Å²) in [5.41, 5.74) is 6.49. The minimum atomic E-state index is -0.427.